The van der Waals surface area contributed by atoms with Crippen molar-refractivity contribution in [2.24, 2.45) is 0 Å². The van der Waals surface area contributed by atoms with Gasteiger partial charge in [-0.3, -0.25) is 9.78 Å². The lowest BCUT2D eigenvalue weighted by atomic mass is 9.95. The summed E-state index contributed by atoms with van der Waals surface area (Å²) in [4.78, 5) is 17.8. The third kappa shape index (κ3) is 2.71. The normalized spacial score (nSPS) is 19.1. The quantitative estimate of drug-likeness (QED) is 0.871. The Hall–Kier alpha value is -2.31. The van der Waals surface area contributed by atoms with Crippen LogP contribution in [0.3, 0.4) is 0 Å². The van der Waals surface area contributed by atoms with Crippen LogP contribution in [0.1, 0.15) is 53.8 Å². The summed E-state index contributed by atoms with van der Waals surface area (Å²) in [5, 5.41) is 8.33. The summed E-state index contributed by atoms with van der Waals surface area (Å²) in [6.45, 7) is 1.23. The molecule has 0 atom stereocenters. The third-order valence-electron chi connectivity index (χ3n) is 4.69. The molecule has 2 fully saturated rings. The maximum Gasteiger partial charge on any atom is 0.256 e. The molecule has 0 unspecified atom stereocenters. The first-order chi connectivity index (χ1) is 11.2. The van der Waals surface area contributed by atoms with E-state index in [0.717, 1.165) is 24.9 Å². The molecule has 2 aromatic heterocycles. The average molecular weight is 315 g/mol. The van der Waals surface area contributed by atoms with Crippen molar-refractivity contribution in [3.05, 3.63) is 42.0 Å². The van der Waals surface area contributed by atoms with Gasteiger partial charge in [-0.15, -0.1) is 10.2 Å². The number of piperidine rings is 1. The van der Waals surface area contributed by atoms with E-state index in [-0.39, 0.29) is 11.5 Å². The van der Waals surface area contributed by atoms with Crippen LogP contribution in [0, 0.1) is 5.82 Å². The zero-order valence-electron chi connectivity index (χ0n) is 12.7. The van der Waals surface area contributed by atoms with Gasteiger partial charge in [-0.1, -0.05) is 0 Å². The number of hydrogen-bond acceptors (Lipinski definition) is 4. The Kier molecular flexibility index (Phi) is 3.55. The molecule has 2 aromatic rings. The van der Waals surface area contributed by atoms with Gasteiger partial charge in [0.05, 0.1) is 11.8 Å². The van der Waals surface area contributed by atoms with E-state index >= 15 is 0 Å². The highest BCUT2D eigenvalue weighted by Crippen LogP contribution is 2.38. The summed E-state index contributed by atoms with van der Waals surface area (Å²) >= 11 is 0. The van der Waals surface area contributed by atoms with E-state index in [2.05, 4.69) is 19.7 Å². The highest BCUT2D eigenvalue weighted by Gasteiger charge is 2.32. The lowest BCUT2D eigenvalue weighted by molar-refractivity contribution is 0.0705. The fourth-order valence-electron chi connectivity index (χ4n) is 3.24. The second-order valence-electron chi connectivity index (χ2n) is 6.25. The lowest BCUT2D eigenvalue weighted by Gasteiger charge is -2.31. The lowest BCUT2D eigenvalue weighted by Crippen LogP contribution is -2.38. The molecule has 1 aliphatic heterocycles. The minimum Gasteiger partial charge on any atom is -0.339 e. The van der Waals surface area contributed by atoms with Gasteiger partial charge in [0.15, 0.2) is 5.82 Å². The van der Waals surface area contributed by atoms with Crippen LogP contribution in [0.25, 0.3) is 0 Å². The maximum absolute atomic E-state index is 13.7. The van der Waals surface area contributed by atoms with Gasteiger partial charge in [-0.25, -0.2) is 4.39 Å². The molecule has 0 spiro atoms. The predicted octanol–water partition coefficient (Wildman–Crippen LogP) is 2.17. The number of amides is 1. The first-order valence-corrected chi connectivity index (χ1v) is 8.02. The summed E-state index contributed by atoms with van der Waals surface area (Å²) in [5.41, 5.74) is 0.0968. The van der Waals surface area contributed by atoms with Gasteiger partial charge < -0.3 is 9.47 Å². The Labute approximate surface area is 133 Å². The molecule has 120 valence electrons. The number of aromatic nitrogens is 4. The second kappa shape index (κ2) is 5.72. The zero-order valence-corrected chi connectivity index (χ0v) is 12.7. The molecule has 0 aromatic carbocycles. The number of likely N-dealkylation sites (tertiary alicyclic amines) is 1. The topological polar surface area (TPSA) is 63.9 Å². The first-order valence-electron chi connectivity index (χ1n) is 8.02. The SMILES string of the molecule is O=C(c1ccncc1F)N1CCC(c2nncn2C2CC2)CC1. The Bertz CT molecular complexity index is 719. The van der Waals surface area contributed by atoms with Crippen LogP contribution in [0.4, 0.5) is 4.39 Å². The van der Waals surface area contributed by atoms with Gasteiger partial charge in [0.1, 0.15) is 12.2 Å². The van der Waals surface area contributed by atoms with Crippen LogP contribution < -0.4 is 0 Å². The smallest absolute Gasteiger partial charge is 0.256 e. The van der Waals surface area contributed by atoms with Gasteiger partial charge in [0, 0.05) is 31.2 Å². The third-order valence-corrected chi connectivity index (χ3v) is 4.69. The van der Waals surface area contributed by atoms with Gasteiger partial charge in [-0.2, -0.15) is 0 Å². The van der Waals surface area contributed by atoms with E-state index < -0.39 is 5.82 Å². The summed E-state index contributed by atoms with van der Waals surface area (Å²) in [7, 11) is 0. The number of halogens is 1. The van der Waals surface area contributed by atoms with E-state index in [9.17, 15) is 9.18 Å². The van der Waals surface area contributed by atoms with Crippen molar-refractivity contribution < 1.29 is 9.18 Å². The van der Waals surface area contributed by atoms with Gasteiger partial charge in [0.25, 0.3) is 5.91 Å². The minimum atomic E-state index is -0.562. The van der Waals surface area contributed by atoms with Gasteiger partial charge >= 0.3 is 0 Å². The Balaban J connectivity index is 1.44. The van der Waals surface area contributed by atoms with Crippen molar-refractivity contribution in [1.82, 2.24) is 24.6 Å². The minimum absolute atomic E-state index is 0.0968. The molecule has 7 heteroatoms. The largest absolute Gasteiger partial charge is 0.339 e. The van der Waals surface area contributed by atoms with Crippen LogP contribution in [0.2, 0.25) is 0 Å². The maximum atomic E-state index is 13.7. The van der Waals surface area contributed by atoms with Crippen molar-refractivity contribution in [1.29, 1.82) is 0 Å². The number of nitrogens with zero attached hydrogens (tertiary/aromatic N) is 5. The molecule has 2 aliphatic rings. The van der Waals surface area contributed by atoms with Crippen molar-refractivity contribution in [2.75, 3.05) is 13.1 Å². The molecule has 0 N–H and O–H groups in total. The number of pyridine rings is 1. The predicted molar refractivity (Wildman–Crippen MR) is 80.4 cm³/mol. The average Bonchev–Trinajstić information content (AvgIpc) is 3.32. The van der Waals surface area contributed by atoms with Crippen molar-refractivity contribution in [2.45, 2.75) is 37.6 Å². The van der Waals surface area contributed by atoms with Crippen molar-refractivity contribution in [3.8, 4) is 0 Å². The Morgan fingerprint density at radius 2 is 2.00 bits per heavy atom. The van der Waals surface area contributed by atoms with E-state index in [1.54, 1.807) is 4.90 Å². The van der Waals surface area contributed by atoms with E-state index in [4.69, 9.17) is 0 Å². The molecule has 1 amide bonds. The molecule has 1 saturated heterocycles. The molecule has 23 heavy (non-hydrogen) atoms. The van der Waals surface area contributed by atoms with Gasteiger partial charge in [0.2, 0.25) is 0 Å². The van der Waals surface area contributed by atoms with Gasteiger partial charge in [-0.05, 0) is 31.7 Å². The number of carbonyl (C=O) groups excluding carboxylic acids is 1. The number of hydrogen-bond donors (Lipinski definition) is 0. The van der Waals surface area contributed by atoms with Crippen LogP contribution in [-0.2, 0) is 0 Å². The zero-order chi connectivity index (χ0) is 15.8. The molecule has 4 rings (SSSR count). The highest BCUT2D eigenvalue weighted by atomic mass is 19.1. The fourth-order valence-corrected chi connectivity index (χ4v) is 3.24. The van der Waals surface area contributed by atoms with Crippen LogP contribution in [0.5, 0.6) is 0 Å². The molecule has 0 radical (unpaired) electrons. The summed E-state index contributed by atoms with van der Waals surface area (Å²) < 4.78 is 15.9. The number of rotatable bonds is 3. The highest BCUT2D eigenvalue weighted by molar-refractivity contribution is 5.94. The van der Waals surface area contributed by atoms with E-state index in [1.807, 2.05) is 6.33 Å². The van der Waals surface area contributed by atoms with Crippen LogP contribution in [-0.4, -0.2) is 43.6 Å². The molecule has 1 aliphatic carbocycles. The van der Waals surface area contributed by atoms with E-state index in [0.29, 0.717) is 25.0 Å². The molecular formula is C16H18FN5O. The Morgan fingerprint density at radius 3 is 2.70 bits per heavy atom. The fraction of sp³-hybridized carbons (Fsp3) is 0.500. The molecule has 1 saturated carbocycles. The second-order valence-corrected chi connectivity index (χ2v) is 6.25. The van der Waals surface area contributed by atoms with E-state index in [1.165, 1.54) is 25.1 Å². The molecule has 0 bridgehead atoms. The van der Waals surface area contributed by atoms with Crippen molar-refractivity contribution >= 4 is 5.91 Å². The Morgan fingerprint density at radius 1 is 1.22 bits per heavy atom. The monoisotopic (exact) mass is 315 g/mol. The number of carbonyl (C=O) groups is 1. The van der Waals surface area contributed by atoms with Crippen LogP contribution >= 0.6 is 0 Å². The van der Waals surface area contributed by atoms with Crippen LogP contribution in [0.15, 0.2) is 24.8 Å². The van der Waals surface area contributed by atoms with Crippen molar-refractivity contribution in [3.63, 3.8) is 0 Å². The standard InChI is InChI=1S/C16H18FN5O/c17-14-9-18-6-3-13(14)16(23)21-7-4-11(5-8-21)15-20-19-10-22(15)12-1-2-12/h3,6,9-12H,1-2,4-5,7-8H2. The molecule has 3 heterocycles. The molecular weight excluding hydrogens is 297 g/mol. The summed E-state index contributed by atoms with van der Waals surface area (Å²) in [6, 6.07) is 2.00. The summed E-state index contributed by atoms with van der Waals surface area (Å²) in [6.07, 6.45) is 8.41. The molecule has 6 nitrogen and oxygen atoms in total. The summed E-state index contributed by atoms with van der Waals surface area (Å²) in [5.74, 6) is 0.541. The first kappa shape index (κ1) is 14.3.